The van der Waals surface area contributed by atoms with Crippen molar-refractivity contribution in [3.8, 4) is 5.75 Å². The van der Waals surface area contributed by atoms with Gasteiger partial charge in [0.1, 0.15) is 5.75 Å². The molecule has 192 valence electrons. The number of carbonyl (C=O) groups is 2. The van der Waals surface area contributed by atoms with Crippen molar-refractivity contribution >= 4 is 18.0 Å². The number of nitrogens with one attached hydrogen (secondary N) is 1. The number of rotatable bonds is 5. The summed E-state index contributed by atoms with van der Waals surface area (Å²) in [5, 5.41) is 3.07. The van der Waals surface area contributed by atoms with E-state index in [0.29, 0.717) is 17.2 Å². The highest BCUT2D eigenvalue weighted by molar-refractivity contribution is 5.92. The molecule has 3 unspecified atom stereocenters. The number of fused-ring (bicyclic) bond motifs is 1. The lowest BCUT2D eigenvalue weighted by Crippen LogP contribution is -2.55. The van der Waals surface area contributed by atoms with E-state index in [4.69, 9.17) is 4.74 Å². The zero-order chi connectivity index (χ0) is 25.9. The summed E-state index contributed by atoms with van der Waals surface area (Å²) in [6, 6.07) is 12.5. The molecule has 0 bridgehead atoms. The Hall–Kier alpha value is -3.13. The van der Waals surface area contributed by atoms with Crippen molar-refractivity contribution in [1.29, 1.82) is 0 Å². The van der Waals surface area contributed by atoms with Crippen molar-refractivity contribution in [3.63, 3.8) is 0 Å². The molecule has 2 fully saturated rings. The molecule has 1 heterocycles. The van der Waals surface area contributed by atoms with E-state index >= 15 is 0 Å². The van der Waals surface area contributed by atoms with E-state index in [0.717, 1.165) is 56.5 Å². The highest BCUT2D eigenvalue weighted by Crippen LogP contribution is 2.49. The summed E-state index contributed by atoms with van der Waals surface area (Å²) in [6.45, 7) is 3.25. The molecule has 0 aromatic heterocycles. The molecule has 1 aliphatic carbocycles. The van der Waals surface area contributed by atoms with Crippen LogP contribution in [-0.2, 0) is 21.2 Å². The average Bonchev–Trinajstić information content (AvgIpc) is 2.82. The molecule has 3 atom stereocenters. The summed E-state index contributed by atoms with van der Waals surface area (Å²) in [4.78, 5) is 26.5. The normalized spacial score (nSPS) is 24.8. The van der Waals surface area contributed by atoms with Gasteiger partial charge in [0.05, 0.1) is 5.56 Å². The van der Waals surface area contributed by atoms with Crippen molar-refractivity contribution in [2.24, 2.45) is 5.92 Å². The fourth-order valence-corrected chi connectivity index (χ4v) is 5.71. The molecule has 1 N–H and O–H groups in total. The number of piperidine rings is 1. The predicted molar refractivity (Wildman–Crippen MR) is 131 cm³/mol. The van der Waals surface area contributed by atoms with Gasteiger partial charge >= 0.3 is 12.1 Å². The molecule has 1 saturated heterocycles. The standard InChI is InChI=1S/C28H31F3N2O3/c1-19(34)36-25-8-4-6-21(16-25)27-13-14-33(2)18-23(27)10-11-24(17-27)32-26(35)12-9-20-5-3-7-22(15-20)28(29,30)31/h3-9,12,15-16,23-24H,10-11,13-14,17-18H2,1-2H3,(H,32,35). The molecule has 1 aliphatic heterocycles. The van der Waals surface area contributed by atoms with Crippen LogP contribution >= 0.6 is 0 Å². The zero-order valence-electron chi connectivity index (χ0n) is 20.5. The first-order chi connectivity index (χ1) is 17.0. The van der Waals surface area contributed by atoms with Crippen molar-refractivity contribution in [1.82, 2.24) is 10.2 Å². The number of hydrogen-bond acceptors (Lipinski definition) is 4. The van der Waals surface area contributed by atoms with Crippen molar-refractivity contribution < 1.29 is 27.5 Å². The van der Waals surface area contributed by atoms with Crippen molar-refractivity contribution in [3.05, 3.63) is 71.3 Å². The second-order valence-electron chi connectivity index (χ2n) is 9.93. The highest BCUT2D eigenvalue weighted by atomic mass is 19.4. The van der Waals surface area contributed by atoms with Crippen molar-refractivity contribution in [2.75, 3.05) is 20.1 Å². The van der Waals surface area contributed by atoms with E-state index in [1.807, 2.05) is 12.1 Å². The Balaban J connectivity index is 1.50. The van der Waals surface area contributed by atoms with Crippen LogP contribution in [0.15, 0.2) is 54.6 Å². The number of ether oxygens (including phenoxy) is 1. The van der Waals surface area contributed by atoms with Crippen LogP contribution in [0.25, 0.3) is 6.08 Å². The first-order valence-corrected chi connectivity index (χ1v) is 12.2. The van der Waals surface area contributed by atoms with Crippen LogP contribution in [0.2, 0.25) is 0 Å². The maximum atomic E-state index is 13.0. The fourth-order valence-electron chi connectivity index (χ4n) is 5.71. The van der Waals surface area contributed by atoms with E-state index < -0.39 is 11.7 Å². The molecule has 2 aromatic rings. The van der Waals surface area contributed by atoms with Gasteiger partial charge in [-0.2, -0.15) is 13.2 Å². The Bertz CT molecular complexity index is 1150. The lowest BCUT2D eigenvalue weighted by molar-refractivity contribution is -0.137. The van der Waals surface area contributed by atoms with Gasteiger partial charge in [0.2, 0.25) is 5.91 Å². The molecule has 0 radical (unpaired) electrons. The number of alkyl halides is 3. The average molecular weight is 501 g/mol. The molecule has 0 spiro atoms. The molecule has 5 nitrogen and oxygen atoms in total. The lowest BCUT2D eigenvalue weighted by Gasteiger charge is -2.52. The molecule has 2 aliphatic rings. The maximum Gasteiger partial charge on any atom is 0.416 e. The summed E-state index contributed by atoms with van der Waals surface area (Å²) >= 11 is 0. The number of amides is 1. The summed E-state index contributed by atoms with van der Waals surface area (Å²) in [6.07, 6.45) is 1.70. The van der Waals surface area contributed by atoms with Crippen LogP contribution in [0, 0.1) is 5.92 Å². The van der Waals surface area contributed by atoms with E-state index in [1.165, 1.54) is 31.2 Å². The fraction of sp³-hybridized carbons (Fsp3) is 0.429. The Morgan fingerprint density at radius 3 is 2.67 bits per heavy atom. The highest BCUT2D eigenvalue weighted by Gasteiger charge is 2.47. The van der Waals surface area contributed by atoms with Gasteiger partial charge in [-0.05, 0) is 86.7 Å². The number of likely N-dealkylation sites (tertiary alicyclic amines) is 1. The van der Waals surface area contributed by atoms with Gasteiger partial charge in [0.25, 0.3) is 0 Å². The summed E-state index contributed by atoms with van der Waals surface area (Å²) in [7, 11) is 2.12. The SMILES string of the molecule is CC(=O)Oc1cccc(C23CCN(C)CC2CCC(NC(=O)C=Cc2cccc(C(F)(F)F)c2)C3)c1. The van der Waals surface area contributed by atoms with Crippen molar-refractivity contribution in [2.45, 2.75) is 50.2 Å². The van der Waals surface area contributed by atoms with Gasteiger partial charge in [0, 0.05) is 31.0 Å². The quantitative estimate of drug-likeness (QED) is 0.348. The van der Waals surface area contributed by atoms with Crippen LogP contribution in [0.3, 0.4) is 0 Å². The van der Waals surface area contributed by atoms with Gasteiger partial charge in [-0.15, -0.1) is 0 Å². The number of carbonyl (C=O) groups excluding carboxylic acids is 2. The van der Waals surface area contributed by atoms with E-state index in [2.05, 4.69) is 23.3 Å². The smallest absolute Gasteiger partial charge is 0.416 e. The first-order valence-electron chi connectivity index (χ1n) is 12.2. The molecule has 2 aromatic carbocycles. The molecule has 4 rings (SSSR count). The number of halogens is 3. The third kappa shape index (κ3) is 5.98. The first kappa shape index (κ1) is 25.9. The van der Waals surface area contributed by atoms with Gasteiger partial charge in [-0.1, -0.05) is 24.3 Å². The predicted octanol–water partition coefficient (Wildman–Crippen LogP) is 5.20. The second kappa shape index (κ2) is 10.5. The summed E-state index contributed by atoms with van der Waals surface area (Å²) in [5.41, 5.74) is 0.517. The maximum absolute atomic E-state index is 13.0. The third-order valence-corrected chi connectivity index (χ3v) is 7.39. The number of nitrogens with zero attached hydrogens (tertiary/aromatic N) is 1. The number of hydrogen-bond donors (Lipinski definition) is 1. The minimum atomic E-state index is -4.43. The third-order valence-electron chi connectivity index (χ3n) is 7.39. The summed E-state index contributed by atoms with van der Waals surface area (Å²) < 4.78 is 44.2. The monoisotopic (exact) mass is 500 g/mol. The Kier molecular flexibility index (Phi) is 7.54. The Labute approximate surface area is 209 Å². The van der Waals surface area contributed by atoms with Crippen LogP contribution in [0.1, 0.15) is 49.3 Å². The molecule has 1 saturated carbocycles. The van der Waals surface area contributed by atoms with Crippen LogP contribution in [0.5, 0.6) is 5.75 Å². The van der Waals surface area contributed by atoms with Gasteiger partial charge in [-0.3, -0.25) is 9.59 Å². The number of esters is 1. The Morgan fingerprint density at radius 1 is 1.14 bits per heavy atom. The molecular formula is C28H31F3N2O3. The molecular weight excluding hydrogens is 469 g/mol. The van der Waals surface area contributed by atoms with Crippen LogP contribution < -0.4 is 10.1 Å². The van der Waals surface area contributed by atoms with Gasteiger partial charge in [0.15, 0.2) is 0 Å². The largest absolute Gasteiger partial charge is 0.427 e. The summed E-state index contributed by atoms with van der Waals surface area (Å²) in [5.74, 6) is 0.221. The lowest BCUT2D eigenvalue weighted by atomic mass is 9.58. The molecule has 36 heavy (non-hydrogen) atoms. The minimum absolute atomic E-state index is 0.0688. The van der Waals surface area contributed by atoms with Gasteiger partial charge in [-0.25, -0.2) is 0 Å². The van der Waals surface area contributed by atoms with E-state index in [1.54, 1.807) is 6.07 Å². The second-order valence-corrected chi connectivity index (χ2v) is 9.93. The molecule has 8 heteroatoms. The topological polar surface area (TPSA) is 58.6 Å². The van der Waals surface area contributed by atoms with Crippen LogP contribution in [-0.4, -0.2) is 43.0 Å². The van der Waals surface area contributed by atoms with Gasteiger partial charge < -0.3 is 15.0 Å². The number of benzene rings is 2. The van der Waals surface area contributed by atoms with E-state index in [9.17, 15) is 22.8 Å². The minimum Gasteiger partial charge on any atom is -0.427 e. The van der Waals surface area contributed by atoms with Crippen LogP contribution in [0.4, 0.5) is 13.2 Å². The van der Waals surface area contributed by atoms with E-state index in [-0.39, 0.29) is 23.3 Å². The zero-order valence-corrected chi connectivity index (χ0v) is 20.5. The Morgan fingerprint density at radius 2 is 1.92 bits per heavy atom. The molecule has 1 amide bonds.